The highest BCUT2D eigenvalue weighted by Crippen LogP contribution is 2.23. The zero-order valence-electron chi connectivity index (χ0n) is 9.91. The van der Waals surface area contributed by atoms with Crippen molar-refractivity contribution < 1.29 is 9.90 Å². The molecule has 3 nitrogen and oxygen atoms in total. The average Bonchev–Trinajstić information content (AvgIpc) is 2.63. The third kappa shape index (κ3) is 4.20. The van der Waals surface area contributed by atoms with Gasteiger partial charge in [0.05, 0.1) is 0 Å². The number of hydrogen-bond acceptors (Lipinski definition) is 2. The van der Waals surface area contributed by atoms with Crippen molar-refractivity contribution in [3.63, 3.8) is 0 Å². The largest absolute Gasteiger partial charge is 0.481 e. The molecule has 3 heteroatoms. The minimum Gasteiger partial charge on any atom is -0.481 e. The monoisotopic (exact) mass is 213 g/mol. The van der Waals surface area contributed by atoms with E-state index in [2.05, 4.69) is 18.7 Å². The molecular weight excluding hydrogens is 190 g/mol. The first-order valence-corrected chi connectivity index (χ1v) is 6.09. The molecule has 1 heterocycles. The highest BCUT2D eigenvalue weighted by Gasteiger charge is 2.25. The molecule has 0 aromatic heterocycles. The van der Waals surface area contributed by atoms with Gasteiger partial charge < -0.3 is 10.0 Å². The SMILES string of the molecule is CCCC1CCN(C(C)CCC(=O)O)C1. The van der Waals surface area contributed by atoms with Crippen LogP contribution in [0.3, 0.4) is 0 Å². The fourth-order valence-corrected chi connectivity index (χ4v) is 2.42. The van der Waals surface area contributed by atoms with Gasteiger partial charge in [0.25, 0.3) is 0 Å². The number of carbonyl (C=O) groups is 1. The van der Waals surface area contributed by atoms with Gasteiger partial charge in [0.15, 0.2) is 0 Å². The molecule has 0 bridgehead atoms. The molecule has 2 unspecified atom stereocenters. The van der Waals surface area contributed by atoms with Crippen LogP contribution in [0.2, 0.25) is 0 Å². The Bertz CT molecular complexity index is 206. The van der Waals surface area contributed by atoms with Crippen LogP contribution in [0.25, 0.3) is 0 Å². The molecule has 0 spiro atoms. The molecule has 0 aliphatic carbocycles. The molecule has 1 rings (SSSR count). The smallest absolute Gasteiger partial charge is 0.303 e. The molecule has 88 valence electrons. The second-order valence-electron chi connectivity index (χ2n) is 4.72. The van der Waals surface area contributed by atoms with Crippen LogP contribution in [-0.4, -0.2) is 35.1 Å². The lowest BCUT2D eigenvalue weighted by atomic mass is 10.0. The van der Waals surface area contributed by atoms with E-state index in [0.717, 1.165) is 18.9 Å². The van der Waals surface area contributed by atoms with Crippen molar-refractivity contribution in [2.75, 3.05) is 13.1 Å². The lowest BCUT2D eigenvalue weighted by molar-refractivity contribution is -0.137. The van der Waals surface area contributed by atoms with Gasteiger partial charge in [0.2, 0.25) is 0 Å². The highest BCUT2D eigenvalue weighted by atomic mass is 16.4. The quantitative estimate of drug-likeness (QED) is 0.736. The molecule has 0 aromatic carbocycles. The Morgan fingerprint density at radius 2 is 2.33 bits per heavy atom. The first-order chi connectivity index (χ1) is 7.13. The standard InChI is InChI=1S/C12H23NO2/c1-3-4-11-7-8-13(9-11)10(2)5-6-12(14)15/h10-11H,3-9H2,1-2H3,(H,14,15). The molecule has 1 N–H and O–H groups in total. The predicted octanol–water partition coefficient (Wildman–Crippen LogP) is 2.36. The molecule has 1 saturated heterocycles. The van der Waals surface area contributed by atoms with Crippen molar-refractivity contribution in [1.82, 2.24) is 4.90 Å². The van der Waals surface area contributed by atoms with Gasteiger partial charge in [0.1, 0.15) is 0 Å². The molecule has 15 heavy (non-hydrogen) atoms. The van der Waals surface area contributed by atoms with Gasteiger partial charge in [-0.15, -0.1) is 0 Å². The molecule has 0 radical (unpaired) electrons. The summed E-state index contributed by atoms with van der Waals surface area (Å²) >= 11 is 0. The lowest BCUT2D eigenvalue weighted by Gasteiger charge is -2.23. The van der Waals surface area contributed by atoms with Crippen LogP contribution in [0.15, 0.2) is 0 Å². The number of hydrogen-bond donors (Lipinski definition) is 1. The summed E-state index contributed by atoms with van der Waals surface area (Å²) < 4.78 is 0. The number of likely N-dealkylation sites (tertiary alicyclic amines) is 1. The Labute approximate surface area is 92.5 Å². The Morgan fingerprint density at radius 1 is 1.60 bits per heavy atom. The minimum absolute atomic E-state index is 0.302. The molecule has 1 aliphatic heterocycles. The van der Waals surface area contributed by atoms with E-state index in [-0.39, 0.29) is 0 Å². The second kappa shape index (κ2) is 6.11. The Kier molecular flexibility index (Phi) is 5.09. The fourth-order valence-electron chi connectivity index (χ4n) is 2.42. The summed E-state index contributed by atoms with van der Waals surface area (Å²) in [7, 11) is 0. The summed E-state index contributed by atoms with van der Waals surface area (Å²) in [4.78, 5) is 12.9. The van der Waals surface area contributed by atoms with Gasteiger partial charge in [-0.3, -0.25) is 4.79 Å². The summed E-state index contributed by atoms with van der Waals surface area (Å²) in [6.45, 7) is 6.72. The number of carboxylic acids is 1. The fraction of sp³-hybridized carbons (Fsp3) is 0.917. The van der Waals surface area contributed by atoms with Gasteiger partial charge in [-0.2, -0.15) is 0 Å². The molecule has 2 atom stereocenters. The third-order valence-electron chi connectivity index (χ3n) is 3.41. The summed E-state index contributed by atoms with van der Waals surface area (Å²) in [5.74, 6) is 0.174. The van der Waals surface area contributed by atoms with Gasteiger partial charge in [0, 0.05) is 19.0 Å². The van der Waals surface area contributed by atoms with Crippen LogP contribution in [0.1, 0.15) is 46.0 Å². The van der Waals surface area contributed by atoms with E-state index >= 15 is 0 Å². The maximum Gasteiger partial charge on any atom is 0.303 e. The van der Waals surface area contributed by atoms with Crippen molar-refractivity contribution in [3.05, 3.63) is 0 Å². The summed E-state index contributed by atoms with van der Waals surface area (Å²) in [6, 6.07) is 0.433. The van der Waals surface area contributed by atoms with Crippen molar-refractivity contribution in [1.29, 1.82) is 0 Å². The molecular formula is C12H23NO2. The van der Waals surface area contributed by atoms with Crippen LogP contribution in [0, 0.1) is 5.92 Å². The number of aliphatic carboxylic acids is 1. The van der Waals surface area contributed by atoms with Crippen LogP contribution in [-0.2, 0) is 4.79 Å². The second-order valence-corrected chi connectivity index (χ2v) is 4.72. The van der Waals surface area contributed by atoms with E-state index in [1.165, 1.54) is 25.8 Å². The van der Waals surface area contributed by atoms with Crippen molar-refractivity contribution in [2.24, 2.45) is 5.92 Å². The number of carboxylic acid groups (broad SMARTS) is 1. The van der Waals surface area contributed by atoms with Crippen LogP contribution < -0.4 is 0 Å². The number of rotatable bonds is 6. The van der Waals surface area contributed by atoms with E-state index < -0.39 is 5.97 Å². The van der Waals surface area contributed by atoms with Crippen molar-refractivity contribution >= 4 is 5.97 Å². The number of nitrogens with zero attached hydrogens (tertiary/aromatic N) is 1. The molecule has 0 aromatic rings. The normalized spacial score (nSPS) is 24.3. The topological polar surface area (TPSA) is 40.5 Å². The minimum atomic E-state index is -0.675. The highest BCUT2D eigenvalue weighted by molar-refractivity contribution is 5.66. The maximum absolute atomic E-state index is 10.5. The Hall–Kier alpha value is -0.570. The van der Waals surface area contributed by atoms with Gasteiger partial charge >= 0.3 is 5.97 Å². The molecule has 1 fully saturated rings. The van der Waals surface area contributed by atoms with Crippen LogP contribution in [0.5, 0.6) is 0 Å². The van der Waals surface area contributed by atoms with Gasteiger partial charge in [-0.05, 0) is 38.6 Å². The maximum atomic E-state index is 10.5. The van der Waals surface area contributed by atoms with Crippen LogP contribution in [0.4, 0.5) is 0 Å². The van der Waals surface area contributed by atoms with E-state index in [9.17, 15) is 4.79 Å². The van der Waals surface area contributed by atoms with E-state index in [1.54, 1.807) is 0 Å². The van der Waals surface area contributed by atoms with Crippen molar-refractivity contribution in [2.45, 2.75) is 52.0 Å². The summed E-state index contributed by atoms with van der Waals surface area (Å²) in [5, 5.41) is 8.62. The Morgan fingerprint density at radius 3 is 2.93 bits per heavy atom. The van der Waals surface area contributed by atoms with E-state index in [4.69, 9.17) is 5.11 Å². The van der Waals surface area contributed by atoms with Crippen molar-refractivity contribution in [3.8, 4) is 0 Å². The van der Waals surface area contributed by atoms with Gasteiger partial charge in [-0.1, -0.05) is 13.3 Å². The molecule has 0 amide bonds. The summed E-state index contributed by atoms with van der Waals surface area (Å²) in [5.41, 5.74) is 0. The third-order valence-corrected chi connectivity index (χ3v) is 3.41. The van der Waals surface area contributed by atoms with E-state index in [1.807, 2.05) is 0 Å². The first kappa shape index (κ1) is 12.5. The Balaban J connectivity index is 2.23. The zero-order chi connectivity index (χ0) is 11.3. The lowest BCUT2D eigenvalue weighted by Crippen LogP contribution is -2.31. The van der Waals surface area contributed by atoms with E-state index in [0.29, 0.717) is 12.5 Å². The van der Waals surface area contributed by atoms with Crippen LogP contribution >= 0.6 is 0 Å². The van der Waals surface area contributed by atoms with Gasteiger partial charge in [-0.25, -0.2) is 0 Å². The predicted molar refractivity (Wildman–Crippen MR) is 60.9 cm³/mol. The molecule has 0 saturated carbocycles. The summed E-state index contributed by atoms with van der Waals surface area (Å²) in [6.07, 6.45) is 4.97. The molecule has 1 aliphatic rings. The first-order valence-electron chi connectivity index (χ1n) is 6.09. The average molecular weight is 213 g/mol. The zero-order valence-corrected chi connectivity index (χ0v) is 9.91.